The molecule has 1 aromatic heterocycles. The van der Waals surface area contributed by atoms with E-state index in [0.29, 0.717) is 0 Å². The summed E-state index contributed by atoms with van der Waals surface area (Å²) in [6.07, 6.45) is 0. The van der Waals surface area contributed by atoms with E-state index in [2.05, 4.69) is 169 Å². The standard InChI is InChI=1S/C46H41NO/c1-44(2,3)40-38-32-20-11-14-22-34(32)45(4,5)41(38)43(42-39(40)33-21-12-15-23-35(33)46(42,6)7)47(28-17-9-8-10-18-28)29-25-26-31-30-19-13-16-24-36(30)48-37(31)27-29/h8-27H,1-7H3. The molecule has 0 radical (unpaired) electrons. The largest absolute Gasteiger partial charge is 0.456 e. The van der Waals surface area contributed by atoms with Crippen LogP contribution in [0.15, 0.2) is 126 Å². The number of furan rings is 1. The smallest absolute Gasteiger partial charge is 0.137 e. The predicted octanol–water partition coefficient (Wildman–Crippen LogP) is 13.0. The minimum Gasteiger partial charge on any atom is -0.456 e. The van der Waals surface area contributed by atoms with E-state index in [1.165, 1.54) is 55.8 Å². The van der Waals surface area contributed by atoms with Crippen LogP contribution in [-0.4, -0.2) is 0 Å². The third kappa shape index (κ3) is 3.80. The second-order valence-electron chi connectivity index (χ2n) is 15.8. The molecule has 0 atom stereocenters. The monoisotopic (exact) mass is 623 g/mol. The molecule has 0 spiro atoms. The highest BCUT2D eigenvalue weighted by Gasteiger charge is 2.50. The molecule has 0 bridgehead atoms. The van der Waals surface area contributed by atoms with Gasteiger partial charge in [-0.25, -0.2) is 0 Å². The van der Waals surface area contributed by atoms with Gasteiger partial charge in [-0.15, -0.1) is 0 Å². The maximum atomic E-state index is 6.52. The fourth-order valence-electron chi connectivity index (χ4n) is 9.07. The lowest BCUT2D eigenvalue weighted by molar-refractivity contribution is 0.587. The van der Waals surface area contributed by atoms with Gasteiger partial charge >= 0.3 is 0 Å². The van der Waals surface area contributed by atoms with Crippen molar-refractivity contribution in [1.82, 2.24) is 0 Å². The van der Waals surface area contributed by atoms with E-state index >= 15 is 0 Å². The van der Waals surface area contributed by atoms with Crippen LogP contribution in [0.3, 0.4) is 0 Å². The van der Waals surface area contributed by atoms with Gasteiger partial charge in [0, 0.05) is 39.0 Å². The third-order valence-corrected chi connectivity index (χ3v) is 11.1. The lowest BCUT2D eigenvalue weighted by atomic mass is 9.71. The molecule has 236 valence electrons. The summed E-state index contributed by atoms with van der Waals surface area (Å²) in [5.41, 5.74) is 17.3. The minimum atomic E-state index is -0.238. The number of benzene rings is 6. The lowest BCUT2D eigenvalue weighted by Crippen LogP contribution is -2.27. The summed E-state index contributed by atoms with van der Waals surface area (Å²) in [4.78, 5) is 2.54. The highest BCUT2D eigenvalue weighted by molar-refractivity contribution is 6.07. The average Bonchev–Trinajstić information content (AvgIpc) is 3.64. The molecule has 48 heavy (non-hydrogen) atoms. The van der Waals surface area contributed by atoms with Crippen molar-refractivity contribution in [2.24, 2.45) is 0 Å². The molecule has 2 nitrogen and oxygen atoms in total. The Bertz CT molecular complexity index is 2350. The highest BCUT2D eigenvalue weighted by atomic mass is 16.3. The van der Waals surface area contributed by atoms with Crippen LogP contribution in [0.25, 0.3) is 44.2 Å². The summed E-state index contributed by atoms with van der Waals surface area (Å²) in [6.45, 7) is 16.9. The zero-order chi connectivity index (χ0) is 33.2. The summed E-state index contributed by atoms with van der Waals surface area (Å²) in [5.74, 6) is 0. The van der Waals surface area contributed by atoms with Crippen molar-refractivity contribution in [2.75, 3.05) is 4.90 Å². The van der Waals surface area contributed by atoms with E-state index in [0.717, 1.165) is 33.3 Å². The Morgan fingerprint density at radius 1 is 0.521 bits per heavy atom. The van der Waals surface area contributed by atoms with Gasteiger partial charge in [-0.1, -0.05) is 133 Å². The summed E-state index contributed by atoms with van der Waals surface area (Å²) in [6, 6.07) is 44.3. The molecule has 7 aromatic rings. The molecule has 0 saturated carbocycles. The Morgan fingerprint density at radius 3 is 1.65 bits per heavy atom. The second-order valence-corrected chi connectivity index (χ2v) is 15.8. The van der Waals surface area contributed by atoms with E-state index < -0.39 is 0 Å². The Kier molecular flexibility index (Phi) is 5.90. The first-order valence-electron chi connectivity index (χ1n) is 17.2. The van der Waals surface area contributed by atoms with Crippen molar-refractivity contribution < 1.29 is 4.42 Å². The predicted molar refractivity (Wildman–Crippen MR) is 202 cm³/mol. The van der Waals surface area contributed by atoms with Crippen LogP contribution in [0.5, 0.6) is 0 Å². The molecule has 0 N–H and O–H groups in total. The quantitative estimate of drug-likeness (QED) is 0.195. The molecule has 2 aliphatic rings. The number of nitrogens with zero attached hydrogens (tertiary/aromatic N) is 1. The topological polar surface area (TPSA) is 16.4 Å². The Morgan fingerprint density at radius 2 is 1.04 bits per heavy atom. The maximum Gasteiger partial charge on any atom is 0.137 e. The van der Waals surface area contributed by atoms with Crippen molar-refractivity contribution >= 4 is 39.0 Å². The van der Waals surface area contributed by atoms with Gasteiger partial charge in [0.05, 0.1) is 5.69 Å². The van der Waals surface area contributed by atoms with E-state index in [1.54, 1.807) is 0 Å². The van der Waals surface area contributed by atoms with Gasteiger partial charge in [-0.3, -0.25) is 0 Å². The summed E-state index contributed by atoms with van der Waals surface area (Å²) < 4.78 is 6.52. The molecule has 6 aromatic carbocycles. The maximum absolute atomic E-state index is 6.52. The Labute approximate surface area is 283 Å². The van der Waals surface area contributed by atoms with E-state index in [-0.39, 0.29) is 16.2 Å². The number of hydrogen-bond donors (Lipinski definition) is 0. The molecule has 0 fully saturated rings. The van der Waals surface area contributed by atoms with Gasteiger partial charge in [0.25, 0.3) is 0 Å². The first-order chi connectivity index (χ1) is 23.0. The molecule has 0 saturated heterocycles. The van der Waals surface area contributed by atoms with Gasteiger partial charge in [-0.05, 0) is 85.8 Å². The SMILES string of the molecule is CC(C)(C)c1c2c(c(N(c3ccccc3)c3ccc4c(c3)oc3ccccc34)c3c1-c1ccccc1C3(C)C)C(C)(C)c1ccccc1-2. The van der Waals surface area contributed by atoms with Gasteiger partial charge in [0.1, 0.15) is 11.2 Å². The molecule has 0 aliphatic heterocycles. The minimum absolute atomic E-state index is 0.0987. The summed E-state index contributed by atoms with van der Waals surface area (Å²) in [7, 11) is 0. The zero-order valence-corrected chi connectivity index (χ0v) is 28.9. The fourth-order valence-corrected chi connectivity index (χ4v) is 9.07. The van der Waals surface area contributed by atoms with Crippen LogP contribution in [0.2, 0.25) is 0 Å². The van der Waals surface area contributed by atoms with Gasteiger partial charge in [0.15, 0.2) is 0 Å². The van der Waals surface area contributed by atoms with Crippen molar-refractivity contribution in [3.63, 3.8) is 0 Å². The normalized spacial score (nSPS) is 15.3. The number of anilines is 3. The third-order valence-electron chi connectivity index (χ3n) is 11.1. The van der Waals surface area contributed by atoms with Crippen LogP contribution in [0, 0.1) is 0 Å². The molecular weight excluding hydrogens is 583 g/mol. The Balaban J connectivity index is 1.49. The molecule has 1 heterocycles. The van der Waals surface area contributed by atoms with Crippen molar-refractivity contribution in [3.05, 3.63) is 149 Å². The molecule has 9 rings (SSSR count). The second kappa shape index (κ2) is 9.73. The van der Waals surface area contributed by atoms with Gasteiger partial charge in [0.2, 0.25) is 0 Å². The first-order valence-corrected chi connectivity index (χ1v) is 17.2. The van der Waals surface area contributed by atoms with E-state index in [9.17, 15) is 0 Å². The van der Waals surface area contributed by atoms with Gasteiger partial charge in [-0.2, -0.15) is 0 Å². The molecular formula is C46H41NO. The van der Waals surface area contributed by atoms with Crippen LogP contribution < -0.4 is 4.90 Å². The van der Waals surface area contributed by atoms with Crippen molar-refractivity contribution in [3.8, 4) is 22.3 Å². The molecule has 0 amide bonds. The van der Waals surface area contributed by atoms with Crippen molar-refractivity contribution in [2.45, 2.75) is 64.7 Å². The molecule has 0 unspecified atom stereocenters. The van der Waals surface area contributed by atoms with E-state index in [1.807, 2.05) is 6.07 Å². The number of hydrogen-bond acceptors (Lipinski definition) is 2. The van der Waals surface area contributed by atoms with Crippen LogP contribution >= 0.6 is 0 Å². The molecule has 2 heteroatoms. The van der Waals surface area contributed by atoms with Crippen LogP contribution in [0.4, 0.5) is 17.1 Å². The zero-order valence-electron chi connectivity index (χ0n) is 28.9. The van der Waals surface area contributed by atoms with Crippen LogP contribution in [0.1, 0.15) is 76.3 Å². The Hall–Kier alpha value is -5.08. The number of rotatable bonds is 3. The fraction of sp³-hybridized carbons (Fsp3) is 0.217. The number of fused-ring (bicyclic) bond motifs is 9. The lowest BCUT2D eigenvalue weighted by Gasteiger charge is -2.39. The van der Waals surface area contributed by atoms with E-state index in [4.69, 9.17) is 4.42 Å². The average molecular weight is 624 g/mol. The summed E-state index contributed by atoms with van der Waals surface area (Å²) >= 11 is 0. The first kappa shape index (κ1) is 29.1. The highest BCUT2D eigenvalue weighted by Crippen LogP contribution is 2.65. The van der Waals surface area contributed by atoms with Crippen LogP contribution in [-0.2, 0) is 16.2 Å². The molecule has 2 aliphatic carbocycles. The van der Waals surface area contributed by atoms with Crippen molar-refractivity contribution in [1.29, 1.82) is 0 Å². The number of para-hydroxylation sites is 2. The van der Waals surface area contributed by atoms with Gasteiger partial charge < -0.3 is 9.32 Å². The summed E-state index contributed by atoms with van der Waals surface area (Å²) in [5, 5.41) is 2.29.